The van der Waals surface area contributed by atoms with Crippen LogP contribution in [0, 0.1) is 0 Å². The quantitative estimate of drug-likeness (QED) is 0.804. The lowest BCUT2D eigenvalue weighted by Gasteiger charge is -2.20. The van der Waals surface area contributed by atoms with Crippen LogP contribution in [0.1, 0.15) is 61.9 Å². The van der Waals surface area contributed by atoms with E-state index < -0.39 is 0 Å². The van der Waals surface area contributed by atoms with Crippen LogP contribution in [0.5, 0.6) is 0 Å². The molecule has 148 valence electrons. The summed E-state index contributed by atoms with van der Waals surface area (Å²) in [7, 11) is 1.78. The highest BCUT2D eigenvalue weighted by molar-refractivity contribution is 6.07. The van der Waals surface area contributed by atoms with Crippen molar-refractivity contribution in [2.75, 3.05) is 32.4 Å². The van der Waals surface area contributed by atoms with Gasteiger partial charge in [0.25, 0.3) is 11.8 Å². The summed E-state index contributed by atoms with van der Waals surface area (Å²) >= 11 is 0. The van der Waals surface area contributed by atoms with Gasteiger partial charge in [-0.05, 0) is 38.5 Å². The van der Waals surface area contributed by atoms with Gasteiger partial charge < -0.3 is 15.5 Å². The fourth-order valence-electron chi connectivity index (χ4n) is 2.82. The molecule has 2 amide bonds. The molecule has 27 heavy (non-hydrogen) atoms. The Morgan fingerprint density at radius 3 is 2.33 bits per heavy atom. The van der Waals surface area contributed by atoms with Crippen molar-refractivity contribution in [3.8, 4) is 0 Å². The number of carbonyl (C=O) groups is 2. The zero-order valence-corrected chi connectivity index (χ0v) is 16.0. The Bertz CT molecular complexity index is 802. The monoisotopic (exact) mass is 373 g/mol. The van der Waals surface area contributed by atoms with E-state index in [0.29, 0.717) is 36.1 Å². The van der Waals surface area contributed by atoms with Crippen molar-refractivity contribution >= 4 is 28.7 Å². The van der Waals surface area contributed by atoms with E-state index in [1.807, 2.05) is 13.8 Å². The maximum atomic E-state index is 12.8. The molecule has 1 heterocycles. The van der Waals surface area contributed by atoms with Crippen LogP contribution in [0.2, 0.25) is 0 Å². The minimum Gasteiger partial charge on any atom is -0.368 e. The average Bonchev–Trinajstić information content (AvgIpc) is 2.65. The third kappa shape index (κ3) is 4.93. The number of carbonyl (C=O) groups excluding carboxylic acids is 2. The molecule has 0 saturated carbocycles. The molecule has 0 aliphatic carbocycles. The topological polar surface area (TPSA) is 92.4 Å². The SMILES string of the molecule is C.CCCCN(C)C(=O)c1ccc2nc(N)nc(C(=O)N(CC)CC)c2c1. The molecule has 0 bridgehead atoms. The minimum absolute atomic E-state index is 0. The van der Waals surface area contributed by atoms with Gasteiger partial charge in [-0.3, -0.25) is 9.59 Å². The van der Waals surface area contributed by atoms with E-state index in [2.05, 4.69) is 16.9 Å². The summed E-state index contributed by atoms with van der Waals surface area (Å²) in [5, 5.41) is 0.547. The van der Waals surface area contributed by atoms with Crippen LogP contribution in [0.3, 0.4) is 0 Å². The van der Waals surface area contributed by atoms with Gasteiger partial charge in [-0.15, -0.1) is 0 Å². The fourth-order valence-corrected chi connectivity index (χ4v) is 2.82. The summed E-state index contributed by atoms with van der Waals surface area (Å²) in [6.07, 6.45) is 1.96. The van der Waals surface area contributed by atoms with Crippen LogP contribution in [0.25, 0.3) is 10.9 Å². The Morgan fingerprint density at radius 1 is 1.07 bits per heavy atom. The van der Waals surface area contributed by atoms with Gasteiger partial charge >= 0.3 is 0 Å². The number of nitrogens with zero attached hydrogens (tertiary/aromatic N) is 4. The number of anilines is 1. The number of fused-ring (bicyclic) bond motifs is 1. The number of rotatable bonds is 7. The standard InChI is InChI=1S/C19H27N5O2.CH4/c1-5-8-11-23(4)17(25)13-9-10-15-14(12-13)16(22-19(20)21-15)18(26)24(6-2)7-3;/h9-10,12H,5-8,11H2,1-4H3,(H2,20,21,22);1H4. The lowest BCUT2D eigenvalue weighted by atomic mass is 10.1. The molecule has 1 aromatic carbocycles. The molecule has 0 aliphatic rings. The average molecular weight is 374 g/mol. The van der Waals surface area contributed by atoms with Gasteiger partial charge in [0.2, 0.25) is 5.95 Å². The first kappa shape index (κ1) is 22.3. The van der Waals surface area contributed by atoms with E-state index in [9.17, 15) is 9.59 Å². The smallest absolute Gasteiger partial charge is 0.273 e. The molecule has 0 aliphatic heterocycles. The number of amides is 2. The summed E-state index contributed by atoms with van der Waals surface area (Å²) in [5.74, 6) is -0.247. The number of hydrogen-bond acceptors (Lipinski definition) is 5. The van der Waals surface area contributed by atoms with Crippen LogP contribution in [0.15, 0.2) is 18.2 Å². The fraction of sp³-hybridized carbons (Fsp3) is 0.500. The van der Waals surface area contributed by atoms with Crippen molar-refractivity contribution in [1.82, 2.24) is 19.8 Å². The van der Waals surface area contributed by atoms with Crippen LogP contribution in [-0.2, 0) is 0 Å². The normalized spacial score (nSPS) is 10.4. The van der Waals surface area contributed by atoms with Gasteiger partial charge in [0.05, 0.1) is 5.52 Å². The summed E-state index contributed by atoms with van der Waals surface area (Å²) in [5.41, 5.74) is 7.08. The Balaban J connectivity index is 0.00000364. The second kappa shape index (κ2) is 9.85. The maximum Gasteiger partial charge on any atom is 0.273 e. The van der Waals surface area contributed by atoms with Crippen LogP contribution in [0.4, 0.5) is 5.95 Å². The van der Waals surface area contributed by atoms with Gasteiger partial charge in [-0.2, -0.15) is 0 Å². The summed E-state index contributed by atoms with van der Waals surface area (Å²) in [4.78, 5) is 37.2. The van der Waals surface area contributed by atoms with Crippen molar-refractivity contribution in [2.24, 2.45) is 0 Å². The molecule has 2 rings (SSSR count). The second-order valence-corrected chi connectivity index (χ2v) is 6.22. The van der Waals surface area contributed by atoms with E-state index >= 15 is 0 Å². The van der Waals surface area contributed by atoms with Crippen molar-refractivity contribution in [3.05, 3.63) is 29.5 Å². The van der Waals surface area contributed by atoms with Gasteiger partial charge in [0.1, 0.15) is 5.69 Å². The largest absolute Gasteiger partial charge is 0.368 e. The Morgan fingerprint density at radius 2 is 1.74 bits per heavy atom. The molecule has 7 heteroatoms. The Kier molecular flexibility index (Phi) is 8.15. The molecule has 0 radical (unpaired) electrons. The number of benzene rings is 1. The van der Waals surface area contributed by atoms with Crippen LogP contribution in [-0.4, -0.2) is 58.3 Å². The first-order valence-electron chi connectivity index (χ1n) is 9.04. The summed E-state index contributed by atoms with van der Waals surface area (Å²) in [6, 6.07) is 5.12. The summed E-state index contributed by atoms with van der Waals surface area (Å²) in [6.45, 7) is 7.73. The van der Waals surface area contributed by atoms with Gasteiger partial charge in [0.15, 0.2) is 0 Å². The van der Waals surface area contributed by atoms with Crippen molar-refractivity contribution < 1.29 is 9.59 Å². The van der Waals surface area contributed by atoms with E-state index in [0.717, 1.165) is 12.8 Å². The highest BCUT2D eigenvalue weighted by Gasteiger charge is 2.20. The Labute approximate surface area is 161 Å². The predicted molar refractivity (Wildman–Crippen MR) is 110 cm³/mol. The number of hydrogen-bond donors (Lipinski definition) is 1. The number of nitrogens with two attached hydrogens (primary N) is 1. The molecule has 0 unspecified atom stereocenters. The number of nitrogen functional groups attached to an aromatic ring is 1. The lowest BCUT2D eigenvalue weighted by Crippen LogP contribution is -2.31. The van der Waals surface area contributed by atoms with Crippen LogP contribution < -0.4 is 5.73 Å². The lowest BCUT2D eigenvalue weighted by molar-refractivity contribution is 0.0766. The van der Waals surface area contributed by atoms with Crippen molar-refractivity contribution in [3.63, 3.8) is 0 Å². The van der Waals surface area contributed by atoms with Gasteiger partial charge in [-0.25, -0.2) is 9.97 Å². The zero-order chi connectivity index (χ0) is 19.3. The van der Waals surface area contributed by atoms with E-state index in [-0.39, 0.29) is 30.9 Å². The molecule has 2 N–H and O–H groups in total. The molecule has 0 spiro atoms. The van der Waals surface area contributed by atoms with E-state index in [4.69, 9.17) is 5.73 Å². The summed E-state index contributed by atoms with van der Waals surface area (Å²) < 4.78 is 0. The molecule has 2 aromatic rings. The van der Waals surface area contributed by atoms with Crippen molar-refractivity contribution in [2.45, 2.75) is 41.0 Å². The van der Waals surface area contributed by atoms with Crippen LogP contribution >= 0.6 is 0 Å². The maximum absolute atomic E-state index is 12.8. The highest BCUT2D eigenvalue weighted by atomic mass is 16.2. The predicted octanol–water partition coefficient (Wildman–Crippen LogP) is 3.20. The molecule has 0 fully saturated rings. The minimum atomic E-state index is -0.210. The number of unbranched alkanes of at least 4 members (excludes halogenated alkanes) is 1. The molecule has 0 atom stereocenters. The second-order valence-electron chi connectivity index (χ2n) is 6.22. The van der Waals surface area contributed by atoms with Crippen molar-refractivity contribution in [1.29, 1.82) is 0 Å². The van der Waals surface area contributed by atoms with E-state index in [1.165, 1.54) is 0 Å². The molecule has 0 saturated heterocycles. The van der Waals surface area contributed by atoms with E-state index in [1.54, 1.807) is 35.0 Å². The first-order valence-corrected chi connectivity index (χ1v) is 9.04. The molecule has 7 nitrogen and oxygen atoms in total. The highest BCUT2D eigenvalue weighted by Crippen LogP contribution is 2.21. The third-order valence-electron chi connectivity index (χ3n) is 4.41. The van der Waals surface area contributed by atoms with Gasteiger partial charge in [0, 0.05) is 37.6 Å². The zero-order valence-electron chi connectivity index (χ0n) is 16.0. The molecular weight excluding hydrogens is 342 g/mol. The number of aromatic nitrogens is 2. The first-order chi connectivity index (χ1) is 12.4. The molecule has 1 aromatic heterocycles. The molecular formula is C20H31N5O2. The van der Waals surface area contributed by atoms with Gasteiger partial charge in [-0.1, -0.05) is 20.8 Å². The Hall–Kier alpha value is -2.70. The third-order valence-corrected chi connectivity index (χ3v) is 4.41.